The zero-order valence-electron chi connectivity index (χ0n) is 7.61. The fraction of sp³-hybridized carbons (Fsp3) is 0.750. The van der Waals surface area contributed by atoms with E-state index in [0.29, 0.717) is 0 Å². The first-order chi connectivity index (χ1) is 7.29. The standard InChI is InChI=1S/C4H7F3N6O2S/c5-4(6,7)2-9-16(14,15)8-1-3-10-12-13-11-3/h8-9H,1-2H2,(H,10,11,12,13). The maximum absolute atomic E-state index is 11.7. The Balaban J connectivity index is 2.41. The molecule has 1 heterocycles. The van der Waals surface area contributed by atoms with Crippen LogP contribution >= 0.6 is 0 Å². The number of hydrogen-bond acceptors (Lipinski definition) is 5. The largest absolute Gasteiger partial charge is 0.402 e. The highest BCUT2D eigenvalue weighted by atomic mass is 32.2. The summed E-state index contributed by atoms with van der Waals surface area (Å²) in [6.45, 7) is -2.00. The molecular formula is C4H7F3N6O2S. The average Bonchev–Trinajstić information content (AvgIpc) is 2.64. The van der Waals surface area contributed by atoms with E-state index in [9.17, 15) is 21.6 Å². The van der Waals surface area contributed by atoms with Gasteiger partial charge in [-0.1, -0.05) is 5.21 Å². The van der Waals surface area contributed by atoms with Gasteiger partial charge in [-0.15, -0.1) is 10.2 Å². The third-order valence-electron chi connectivity index (χ3n) is 1.27. The predicted molar refractivity (Wildman–Crippen MR) is 44.0 cm³/mol. The van der Waals surface area contributed by atoms with Crippen LogP contribution in [0.25, 0.3) is 0 Å². The van der Waals surface area contributed by atoms with Crippen LogP contribution in [0.15, 0.2) is 0 Å². The van der Waals surface area contributed by atoms with Gasteiger partial charge in [0.05, 0.1) is 6.54 Å². The number of alkyl halides is 3. The number of aromatic amines is 1. The lowest BCUT2D eigenvalue weighted by Gasteiger charge is -2.08. The van der Waals surface area contributed by atoms with Gasteiger partial charge in [-0.05, 0) is 0 Å². The predicted octanol–water partition coefficient (Wildman–Crippen LogP) is -1.31. The third-order valence-corrected chi connectivity index (χ3v) is 2.32. The van der Waals surface area contributed by atoms with Crippen LogP contribution in [-0.4, -0.2) is 41.8 Å². The first-order valence-corrected chi connectivity index (χ1v) is 5.30. The van der Waals surface area contributed by atoms with Crippen molar-refractivity contribution >= 4 is 10.2 Å². The molecule has 0 fully saturated rings. The van der Waals surface area contributed by atoms with Gasteiger partial charge >= 0.3 is 6.18 Å². The molecule has 92 valence electrons. The number of aromatic nitrogens is 4. The molecule has 0 aliphatic carbocycles. The van der Waals surface area contributed by atoms with Gasteiger partial charge in [0.25, 0.3) is 10.2 Å². The van der Waals surface area contributed by atoms with E-state index in [1.54, 1.807) is 0 Å². The molecule has 0 unspecified atom stereocenters. The van der Waals surface area contributed by atoms with Crippen molar-refractivity contribution in [1.29, 1.82) is 0 Å². The van der Waals surface area contributed by atoms with E-state index in [-0.39, 0.29) is 12.4 Å². The zero-order chi connectivity index (χ0) is 12.2. The molecule has 1 aromatic rings. The monoisotopic (exact) mass is 260 g/mol. The van der Waals surface area contributed by atoms with Crippen LogP contribution in [0.3, 0.4) is 0 Å². The molecular weight excluding hydrogens is 253 g/mol. The number of hydrogen-bond donors (Lipinski definition) is 3. The summed E-state index contributed by atoms with van der Waals surface area (Å²) in [5.41, 5.74) is 0. The Morgan fingerprint density at radius 2 is 2.00 bits per heavy atom. The Hall–Kier alpha value is -1.27. The van der Waals surface area contributed by atoms with E-state index >= 15 is 0 Å². The molecule has 0 saturated heterocycles. The molecule has 8 nitrogen and oxygen atoms in total. The fourth-order valence-electron chi connectivity index (χ4n) is 0.645. The van der Waals surface area contributed by atoms with Crippen LogP contribution in [0.5, 0.6) is 0 Å². The quantitative estimate of drug-likeness (QED) is 0.608. The number of nitrogens with one attached hydrogen (secondary N) is 3. The smallest absolute Gasteiger partial charge is 0.195 e. The van der Waals surface area contributed by atoms with Crippen LogP contribution < -0.4 is 9.44 Å². The molecule has 3 N–H and O–H groups in total. The Morgan fingerprint density at radius 3 is 2.50 bits per heavy atom. The molecule has 16 heavy (non-hydrogen) atoms. The highest BCUT2D eigenvalue weighted by Gasteiger charge is 2.29. The maximum Gasteiger partial charge on any atom is 0.402 e. The Morgan fingerprint density at radius 1 is 1.31 bits per heavy atom. The number of rotatable bonds is 5. The van der Waals surface area contributed by atoms with Gasteiger partial charge < -0.3 is 0 Å². The van der Waals surface area contributed by atoms with Gasteiger partial charge in [0.1, 0.15) is 6.54 Å². The van der Waals surface area contributed by atoms with Crippen molar-refractivity contribution < 1.29 is 21.6 Å². The second-order valence-electron chi connectivity index (χ2n) is 2.59. The van der Waals surface area contributed by atoms with Crippen molar-refractivity contribution in [2.75, 3.05) is 6.54 Å². The van der Waals surface area contributed by atoms with Crippen LogP contribution in [-0.2, 0) is 16.8 Å². The molecule has 0 saturated carbocycles. The van der Waals surface area contributed by atoms with Crippen LogP contribution in [0.2, 0.25) is 0 Å². The highest BCUT2D eigenvalue weighted by Crippen LogP contribution is 2.12. The van der Waals surface area contributed by atoms with E-state index in [4.69, 9.17) is 0 Å². The number of halogens is 3. The zero-order valence-corrected chi connectivity index (χ0v) is 8.43. The second-order valence-corrected chi connectivity index (χ2v) is 4.17. The number of H-pyrrole nitrogens is 1. The average molecular weight is 260 g/mol. The third kappa shape index (κ3) is 4.99. The van der Waals surface area contributed by atoms with E-state index in [1.807, 2.05) is 4.72 Å². The second kappa shape index (κ2) is 4.71. The Kier molecular flexibility index (Phi) is 3.77. The van der Waals surface area contributed by atoms with Gasteiger partial charge in [0.15, 0.2) is 5.82 Å². The lowest BCUT2D eigenvalue weighted by atomic mass is 10.7. The normalized spacial score (nSPS) is 12.9. The van der Waals surface area contributed by atoms with E-state index in [1.165, 1.54) is 4.72 Å². The van der Waals surface area contributed by atoms with Crippen molar-refractivity contribution in [3.8, 4) is 0 Å². The molecule has 0 radical (unpaired) electrons. The molecule has 0 spiro atoms. The molecule has 0 aliphatic rings. The maximum atomic E-state index is 11.7. The molecule has 1 aromatic heterocycles. The summed E-state index contributed by atoms with van der Waals surface area (Å²) < 4.78 is 60.2. The molecule has 0 atom stereocenters. The number of tetrazole rings is 1. The van der Waals surface area contributed by atoms with Crippen molar-refractivity contribution in [1.82, 2.24) is 30.1 Å². The van der Waals surface area contributed by atoms with Gasteiger partial charge in [0, 0.05) is 0 Å². The molecule has 1 rings (SSSR count). The van der Waals surface area contributed by atoms with Gasteiger partial charge in [0.2, 0.25) is 0 Å². The highest BCUT2D eigenvalue weighted by molar-refractivity contribution is 7.87. The Labute approximate surface area is 87.8 Å². The minimum Gasteiger partial charge on any atom is -0.195 e. The SMILES string of the molecule is O=S(=O)(NCc1nn[nH]n1)NCC(F)(F)F. The molecule has 0 aliphatic heterocycles. The topological polar surface area (TPSA) is 113 Å². The van der Waals surface area contributed by atoms with E-state index in [0.717, 1.165) is 0 Å². The lowest BCUT2D eigenvalue weighted by Crippen LogP contribution is -2.41. The fourth-order valence-corrected chi connectivity index (χ4v) is 1.42. The van der Waals surface area contributed by atoms with E-state index in [2.05, 4.69) is 20.6 Å². The van der Waals surface area contributed by atoms with Crippen molar-refractivity contribution in [3.05, 3.63) is 5.82 Å². The molecule has 12 heteroatoms. The van der Waals surface area contributed by atoms with Gasteiger partial charge in [-0.25, -0.2) is 0 Å². The first kappa shape index (κ1) is 12.8. The first-order valence-electron chi connectivity index (χ1n) is 3.82. The summed E-state index contributed by atoms with van der Waals surface area (Å²) in [6.07, 6.45) is -4.61. The van der Waals surface area contributed by atoms with Crippen molar-refractivity contribution in [3.63, 3.8) is 0 Å². The summed E-state index contributed by atoms with van der Waals surface area (Å²) in [6, 6.07) is 0. The van der Waals surface area contributed by atoms with Gasteiger partial charge in [-0.3, -0.25) is 0 Å². The summed E-state index contributed by atoms with van der Waals surface area (Å²) in [5, 5.41) is 12.0. The van der Waals surface area contributed by atoms with Crippen molar-refractivity contribution in [2.24, 2.45) is 0 Å². The summed E-state index contributed by atoms with van der Waals surface area (Å²) in [4.78, 5) is 0. The van der Waals surface area contributed by atoms with Crippen LogP contribution in [0.1, 0.15) is 5.82 Å². The van der Waals surface area contributed by atoms with Crippen molar-refractivity contribution in [2.45, 2.75) is 12.7 Å². The lowest BCUT2D eigenvalue weighted by molar-refractivity contribution is -0.121. The van der Waals surface area contributed by atoms with Crippen LogP contribution in [0, 0.1) is 0 Å². The van der Waals surface area contributed by atoms with Crippen LogP contribution in [0.4, 0.5) is 13.2 Å². The molecule has 0 bridgehead atoms. The van der Waals surface area contributed by atoms with Gasteiger partial charge in [-0.2, -0.15) is 36.2 Å². The molecule has 0 amide bonds. The van der Waals surface area contributed by atoms with E-state index < -0.39 is 22.9 Å². The summed E-state index contributed by atoms with van der Waals surface area (Å²) in [7, 11) is -4.23. The summed E-state index contributed by atoms with van der Waals surface area (Å²) in [5.74, 6) is 0.0115. The Bertz CT molecular complexity index is 413. The molecule has 0 aromatic carbocycles. The minimum absolute atomic E-state index is 0.0115. The minimum atomic E-state index is -4.61. The summed E-state index contributed by atoms with van der Waals surface area (Å²) >= 11 is 0. The number of nitrogens with zero attached hydrogens (tertiary/aromatic N) is 3.